The molecular formula is C98H111F5N28O7. The molecule has 11 aromatic heterocycles. The Hall–Kier alpha value is -14.2. The second-order valence-corrected chi connectivity index (χ2v) is 36.6. The van der Waals surface area contributed by atoms with Crippen LogP contribution >= 0.6 is 0 Å². The highest BCUT2D eigenvalue weighted by atomic mass is 19.4. The van der Waals surface area contributed by atoms with Crippen molar-refractivity contribution < 1.29 is 55.5 Å². The summed E-state index contributed by atoms with van der Waals surface area (Å²) in [5, 5.41) is 18.1. The zero-order valence-electron chi connectivity index (χ0n) is 79.3. The standard InChI is InChI=1S/C21H24F3N5O.C21H27N5O2.C20H23N5O2.C19H20N8O.C17H17F2N5O/c1-14(2)30-19-10-17-16(11-26-19)12-27-20(17)15-3-4-25-18(9-15)29-7-5-28(6-8-29)13-21(22,23)24;1-13(2)28-20-8-16-15(9-23-20)10-24-21(16)14-5-6-22-19(7-14)26-11-17(25(3)4)18(27)12-26;1-13(2)27-18-9-16-15(10-22-18)11-23-20(16)14-4-5-21-17(8-14)25-7-6-24(3)19(26)12-25;1-12(2)28-18-3-15-13(5-20-18)6-21-19(15)16-4-17(23-9-22-16)26-7-14(8-26)27-10-24-25-11-27;1-10(2)25-15-3-12-11(5-20-15)6-21-16(12)13-4-14(23-9-22-13)24-7-17(18,19)8-24/h3-4,9-11,14H,5-8,12-13H2,1-2H3;5-9,13,17-18,27H,10-12H2,1-4H3;4-5,8-10,13H,6-7,11-12H2,1-3H3;3-5,9-12,14H,6-8H2,1-2H3;3-5,9-10H,6-8H2,1-2H3/t;17-,18-;;;/m.0.../s1. The average molecular weight is 1890 g/mol. The maximum Gasteiger partial charge on any atom is 0.401 e. The van der Waals surface area contributed by atoms with Crippen LogP contribution in [0.3, 0.4) is 0 Å². The number of β-amino-alcohol motifs (C(OH)–C–C–N with tert-alkyl or cyclic N) is 1. The summed E-state index contributed by atoms with van der Waals surface area (Å²) in [7, 11) is 5.82. The maximum atomic E-state index is 13.1. The van der Waals surface area contributed by atoms with Gasteiger partial charge in [0.05, 0.1) is 148 Å². The first-order valence-corrected chi connectivity index (χ1v) is 46.2. The summed E-state index contributed by atoms with van der Waals surface area (Å²) >= 11 is 0. The Labute approximate surface area is 796 Å². The molecule has 0 unspecified atom stereocenters. The molecule has 1 amide bonds. The number of alkyl halides is 5. The quantitative estimate of drug-likeness (QED) is 0.0581. The van der Waals surface area contributed by atoms with Gasteiger partial charge in [0.15, 0.2) is 0 Å². The number of nitrogens with zero attached hydrogens (tertiary/aromatic N) is 28. The molecule has 138 heavy (non-hydrogen) atoms. The minimum Gasteiger partial charge on any atom is -0.475 e. The lowest BCUT2D eigenvalue weighted by Gasteiger charge is -2.40. The van der Waals surface area contributed by atoms with Gasteiger partial charge in [-0.25, -0.2) is 68.6 Å². The number of aliphatic imine (C=N–C) groups is 5. The van der Waals surface area contributed by atoms with Crippen molar-refractivity contribution >= 4 is 63.6 Å². The lowest BCUT2D eigenvalue weighted by atomic mass is 10.0. The monoisotopic (exact) mass is 1890 g/mol. The largest absolute Gasteiger partial charge is 0.475 e. The number of carbonyl (C=O) groups excluding carboxylic acids is 1. The summed E-state index contributed by atoms with van der Waals surface area (Å²) in [5.41, 5.74) is 19.0. The third-order valence-electron chi connectivity index (χ3n) is 24.1. The first-order chi connectivity index (χ1) is 66.3. The maximum absolute atomic E-state index is 13.1. The Kier molecular flexibility index (Phi) is 28.7. The topological polar surface area (TPSA) is 357 Å². The van der Waals surface area contributed by atoms with Crippen LogP contribution in [0.25, 0.3) is 0 Å². The number of amides is 1. The smallest absolute Gasteiger partial charge is 0.401 e. The van der Waals surface area contributed by atoms with E-state index in [9.17, 15) is 31.9 Å². The molecule has 35 nitrogen and oxygen atoms in total. The van der Waals surface area contributed by atoms with E-state index in [0.29, 0.717) is 131 Å². The van der Waals surface area contributed by atoms with Crippen molar-refractivity contribution in [2.45, 2.75) is 163 Å². The Morgan fingerprint density at radius 3 is 1.13 bits per heavy atom. The second kappa shape index (κ2) is 41.4. The van der Waals surface area contributed by atoms with Crippen LogP contribution in [-0.2, 0) is 37.5 Å². The first kappa shape index (κ1) is 95.6. The first-order valence-electron chi connectivity index (χ1n) is 46.2. The third kappa shape index (κ3) is 22.9. The highest BCUT2D eigenvalue weighted by molar-refractivity contribution is 6.18. The molecule has 720 valence electrons. The number of hydrogen-bond acceptors (Lipinski definition) is 33. The van der Waals surface area contributed by atoms with Crippen LogP contribution in [0, 0.1) is 0 Å². The summed E-state index contributed by atoms with van der Waals surface area (Å²) in [6.45, 7) is 27.8. The molecule has 0 radical (unpaired) electrons. The van der Waals surface area contributed by atoms with E-state index < -0.39 is 18.6 Å². The van der Waals surface area contributed by atoms with Gasteiger partial charge in [0.2, 0.25) is 35.3 Å². The molecule has 2 atom stereocenters. The van der Waals surface area contributed by atoms with Crippen molar-refractivity contribution in [1.29, 1.82) is 0 Å². The number of anilines is 5. The Morgan fingerprint density at radius 2 is 0.768 bits per heavy atom. The molecular weight excluding hydrogens is 1780 g/mol. The van der Waals surface area contributed by atoms with Gasteiger partial charge in [0.25, 0.3) is 5.92 Å². The van der Waals surface area contributed by atoms with Crippen molar-refractivity contribution in [3.05, 3.63) is 237 Å². The summed E-state index contributed by atoms with van der Waals surface area (Å²) in [6, 6.07) is 25.7. The van der Waals surface area contributed by atoms with E-state index in [-0.39, 0.29) is 61.7 Å². The summed E-state index contributed by atoms with van der Waals surface area (Å²) < 4.78 is 94.6. The van der Waals surface area contributed by atoms with Crippen LogP contribution in [0.1, 0.15) is 159 Å². The van der Waals surface area contributed by atoms with Gasteiger partial charge in [-0.3, -0.25) is 34.7 Å². The van der Waals surface area contributed by atoms with Crippen LogP contribution in [-0.4, -0.2) is 296 Å². The van der Waals surface area contributed by atoms with Gasteiger partial charge in [-0.1, -0.05) is 0 Å². The number of hydrogen-bond donors (Lipinski definition) is 1. The SMILES string of the molecule is CC(C)Oc1cc2c(cn1)CN=C2c1cc(N2CC(F)(F)C2)ncn1.CC(C)Oc1cc2c(cn1)CN=C2c1cc(N2CC(n3cnnc3)C2)ncn1.CC(C)Oc1cc2c(cn1)CN=C2c1ccnc(N2CCN(C)C(=O)C2)c1.CC(C)Oc1cc2c(cn1)CN=C2c1ccnc(N2CCN(CC(F)(F)F)CC2)c1.CC(C)Oc1cc2c(cn1)CN=C2c1ccnc(N2C[C@H](O)[C@@H](N(C)C)C2)c1. The molecule has 1 N–H and O–H groups in total. The number of piperazine rings is 2. The molecule has 0 bridgehead atoms. The van der Waals surface area contributed by atoms with Gasteiger partial charge in [-0.05, 0) is 120 Å². The predicted octanol–water partition coefficient (Wildman–Crippen LogP) is 11.0. The molecule has 0 saturated carbocycles. The van der Waals surface area contributed by atoms with E-state index in [2.05, 4.69) is 106 Å². The van der Waals surface area contributed by atoms with E-state index in [1.54, 1.807) is 54.7 Å². The fraction of sp³-hybridized carbons (Fsp3) is 0.429. The van der Waals surface area contributed by atoms with Crippen molar-refractivity contribution in [2.75, 3.05) is 137 Å². The highest BCUT2D eigenvalue weighted by Crippen LogP contribution is 2.37. The van der Waals surface area contributed by atoms with Crippen LogP contribution < -0.4 is 48.2 Å². The number of halogens is 5. The van der Waals surface area contributed by atoms with Crippen molar-refractivity contribution in [3.8, 4) is 29.4 Å². The number of aliphatic hydroxyl groups is 1. The van der Waals surface area contributed by atoms with Gasteiger partial charge in [-0.15, -0.1) is 10.2 Å². The summed E-state index contributed by atoms with van der Waals surface area (Å²) in [4.78, 5) is 103. The van der Waals surface area contributed by atoms with Crippen molar-refractivity contribution in [1.82, 2.24) is 89.3 Å². The molecule has 5 fully saturated rings. The minimum absolute atomic E-state index is 0.0195. The predicted molar refractivity (Wildman–Crippen MR) is 512 cm³/mol. The van der Waals surface area contributed by atoms with Gasteiger partial charge in [0.1, 0.15) is 54.4 Å². The number of aliphatic hydroxyl groups excluding tert-OH is 1. The second-order valence-electron chi connectivity index (χ2n) is 36.6. The zero-order chi connectivity index (χ0) is 96.8. The van der Waals surface area contributed by atoms with Crippen LogP contribution in [0.5, 0.6) is 29.4 Å². The fourth-order valence-corrected chi connectivity index (χ4v) is 17.2. The zero-order valence-corrected chi connectivity index (χ0v) is 79.3. The Bertz CT molecular complexity index is 6380. The number of fused-ring (bicyclic) bond motifs is 5. The molecule has 21 rings (SSSR count). The highest BCUT2D eigenvalue weighted by Gasteiger charge is 2.45. The van der Waals surface area contributed by atoms with Crippen molar-refractivity contribution in [3.63, 3.8) is 0 Å². The average Bonchev–Trinajstić information content (AvgIpc) is 1.42. The Balaban J connectivity index is 0.000000119. The number of ether oxygens (including phenoxy) is 5. The molecule has 11 aromatic rings. The molecule has 0 spiro atoms. The molecule has 10 aliphatic rings. The number of rotatable bonds is 23. The van der Waals surface area contributed by atoms with Crippen LogP contribution in [0.15, 0.2) is 179 Å². The number of aromatic nitrogens is 15. The van der Waals surface area contributed by atoms with E-state index in [1.165, 1.54) is 16.1 Å². The minimum atomic E-state index is -4.17. The molecule has 10 aliphatic heterocycles. The van der Waals surface area contributed by atoms with E-state index in [4.69, 9.17) is 33.7 Å². The molecule has 40 heteroatoms. The molecule has 0 aromatic carbocycles. The van der Waals surface area contributed by atoms with Gasteiger partial charge < -0.3 is 67.7 Å². The summed E-state index contributed by atoms with van der Waals surface area (Å²) in [6.07, 6.45) is 16.6. The van der Waals surface area contributed by atoms with Crippen LogP contribution in [0.2, 0.25) is 0 Å². The van der Waals surface area contributed by atoms with E-state index >= 15 is 0 Å². The van der Waals surface area contributed by atoms with Gasteiger partial charge in [-0.2, -0.15) is 13.2 Å². The number of carbonyl (C=O) groups is 1. The number of likely N-dealkylation sites (N-methyl/N-ethyl adjacent to an activating group) is 2. The Morgan fingerprint density at radius 1 is 0.420 bits per heavy atom. The van der Waals surface area contributed by atoms with Gasteiger partial charge in [0, 0.05) is 237 Å². The van der Waals surface area contributed by atoms with Crippen LogP contribution in [0.4, 0.5) is 51.0 Å². The summed E-state index contributed by atoms with van der Waals surface area (Å²) in [5.74, 6) is 4.20. The van der Waals surface area contributed by atoms with E-state index in [1.807, 2.05) is 196 Å². The third-order valence-corrected chi connectivity index (χ3v) is 24.1. The van der Waals surface area contributed by atoms with E-state index in [0.717, 1.165) is 150 Å². The lowest BCUT2D eigenvalue weighted by molar-refractivity contribution is -0.146. The molecule has 0 aliphatic carbocycles. The number of pyridine rings is 8. The lowest BCUT2D eigenvalue weighted by Crippen LogP contribution is -2.56. The molecule has 5 saturated heterocycles. The fourth-order valence-electron chi connectivity index (χ4n) is 17.2. The molecule has 21 heterocycles. The van der Waals surface area contributed by atoms with Crippen molar-refractivity contribution in [2.24, 2.45) is 25.0 Å². The van der Waals surface area contributed by atoms with Gasteiger partial charge >= 0.3 is 6.18 Å². The normalized spacial score (nSPS) is 17.9.